The number of aromatic nitrogens is 3. The summed E-state index contributed by atoms with van der Waals surface area (Å²) in [7, 11) is 1.62. The molecule has 7 nitrogen and oxygen atoms in total. The second-order valence-corrected chi connectivity index (χ2v) is 9.65. The molecule has 0 saturated carbocycles. The summed E-state index contributed by atoms with van der Waals surface area (Å²) in [6.45, 7) is 2.16. The fraction of sp³-hybridized carbons (Fsp3) is 0.385. The number of amides is 2. The van der Waals surface area contributed by atoms with E-state index in [9.17, 15) is 27.2 Å². The molecule has 2 atom stereocenters. The topological polar surface area (TPSA) is 80.1 Å². The van der Waals surface area contributed by atoms with Crippen LogP contribution in [0.4, 0.5) is 23.2 Å². The van der Waals surface area contributed by atoms with E-state index in [0.29, 0.717) is 42.6 Å². The van der Waals surface area contributed by atoms with Crippen molar-refractivity contribution in [2.24, 2.45) is 0 Å². The Labute approximate surface area is 221 Å². The van der Waals surface area contributed by atoms with Gasteiger partial charge < -0.3 is 10.2 Å². The number of alkyl halides is 3. The molecule has 202 valence electrons. The molecule has 1 aromatic carbocycles. The highest BCUT2D eigenvalue weighted by Gasteiger charge is 2.33. The number of carbonyl (C=O) groups is 2. The quantitative estimate of drug-likeness (QED) is 0.345. The summed E-state index contributed by atoms with van der Waals surface area (Å²) in [4.78, 5) is 30.0. The van der Waals surface area contributed by atoms with Gasteiger partial charge in [-0.15, -0.1) is 0 Å². The van der Waals surface area contributed by atoms with E-state index in [1.54, 1.807) is 13.1 Å². The van der Waals surface area contributed by atoms with Gasteiger partial charge in [0.05, 0.1) is 22.8 Å². The predicted octanol–water partition coefficient (Wildman–Crippen LogP) is 6.07. The zero-order valence-corrected chi connectivity index (χ0v) is 21.5. The number of nitrogens with one attached hydrogen (secondary N) is 1. The zero-order chi connectivity index (χ0) is 27.6. The Balaban J connectivity index is 1.41. The number of pyridine rings is 1. The molecule has 3 heterocycles. The molecule has 4 rings (SSSR count). The molecule has 2 unspecified atom stereocenters. The van der Waals surface area contributed by atoms with Crippen molar-refractivity contribution in [3.63, 3.8) is 0 Å². The van der Waals surface area contributed by atoms with Crippen LogP contribution < -0.4 is 5.32 Å². The molecular weight excluding hydrogens is 526 g/mol. The molecule has 1 aliphatic heterocycles. The lowest BCUT2D eigenvalue weighted by molar-refractivity contribution is -0.141. The van der Waals surface area contributed by atoms with Crippen molar-refractivity contribution in [3.8, 4) is 0 Å². The van der Waals surface area contributed by atoms with E-state index >= 15 is 0 Å². The smallest absolute Gasteiger partial charge is 0.342 e. The average Bonchev–Trinajstić information content (AvgIpc) is 3.35. The van der Waals surface area contributed by atoms with Gasteiger partial charge in [-0.3, -0.25) is 19.3 Å². The maximum absolute atomic E-state index is 14.7. The van der Waals surface area contributed by atoms with Gasteiger partial charge in [0.1, 0.15) is 11.5 Å². The lowest BCUT2D eigenvalue weighted by Crippen LogP contribution is -2.29. The van der Waals surface area contributed by atoms with E-state index in [0.717, 1.165) is 12.3 Å². The van der Waals surface area contributed by atoms with E-state index in [-0.39, 0.29) is 34.7 Å². The molecule has 0 fully saturated rings. The van der Waals surface area contributed by atoms with Crippen molar-refractivity contribution in [3.05, 3.63) is 76.1 Å². The first-order valence-electron chi connectivity index (χ1n) is 12.1. The molecule has 1 aliphatic rings. The number of hydrogen-bond donors (Lipinski definition) is 1. The number of rotatable bonds is 8. The van der Waals surface area contributed by atoms with Crippen molar-refractivity contribution >= 4 is 29.1 Å². The van der Waals surface area contributed by atoms with Crippen LogP contribution >= 0.6 is 11.6 Å². The third-order valence-electron chi connectivity index (χ3n) is 6.65. The lowest BCUT2D eigenvalue weighted by Gasteiger charge is -2.27. The molecule has 0 saturated heterocycles. The average molecular weight is 552 g/mol. The highest BCUT2D eigenvalue weighted by atomic mass is 35.5. The highest BCUT2D eigenvalue weighted by molar-refractivity contribution is 6.31. The van der Waals surface area contributed by atoms with Gasteiger partial charge in [0.25, 0.3) is 5.91 Å². The standard InChI is InChI=1S/C26H26ClF4N5O2/c1-3-20(15-8-9-32-21(11-15)26(29,30)31)36-14-17(13-33-36)25(38)35(2)10-4-5-16-12-22(37)34-19-7-6-18(27)24(28)23(16)19/h6-9,11,13-14,16,20H,3-5,10,12H2,1-2H3,(H,34,37). The Bertz CT molecular complexity index is 1340. The molecule has 3 aromatic rings. The van der Waals surface area contributed by atoms with Gasteiger partial charge in [0.2, 0.25) is 5.91 Å². The highest BCUT2D eigenvalue weighted by Crippen LogP contribution is 2.39. The van der Waals surface area contributed by atoms with Gasteiger partial charge >= 0.3 is 6.18 Å². The number of carbonyl (C=O) groups excluding carboxylic acids is 2. The van der Waals surface area contributed by atoms with Crippen molar-refractivity contribution < 1.29 is 27.2 Å². The Hall–Kier alpha value is -3.47. The van der Waals surface area contributed by atoms with E-state index in [4.69, 9.17) is 11.6 Å². The second kappa shape index (κ2) is 11.1. The van der Waals surface area contributed by atoms with E-state index in [1.807, 2.05) is 6.92 Å². The summed E-state index contributed by atoms with van der Waals surface area (Å²) in [5, 5.41) is 6.88. The fourth-order valence-electron chi connectivity index (χ4n) is 4.75. The second-order valence-electron chi connectivity index (χ2n) is 9.25. The van der Waals surface area contributed by atoms with Crippen LogP contribution in [0.5, 0.6) is 0 Å². The minimum absolute atomic E-state index is 0.0130. The first-order valence-corrected chi connectivity index (χ1v) is 12.5. The largest absolute Gasteiger partial charge is 0.433 e. The molecule has 0 bridgehead atoms. The van der Waals surface area contributed by atoms with E-state index in [1.165, 1.54) is 34.1 Å². The first kappa shape index (κ1) is 27.6. The number of anilines is 1. The summed E-state index contributed by atoms with van der Waals surface area (Å²) in [6.07, 6.45) is 0.987. The van der Waals surface area contributed by atoms with Gasteiger partial charge in [-0.25, -0.2) is 4.39 Å². The number of fused-ring (bicyclic) bond motifs is 1. The van der Waals surface area contributed by atoms with Crippen molar-refractivity contribution in [2.75, 3.05) is 18.9 Å². The van der Waals surface area contributed by atoms with Crippen LogP contribution in [0.15, 0.2) is 42.9 Å². The van der Waals surface area contributed by atoms with Crippen LogP contribution in [0.2, 0.25) is 5.02 Å². The number of halogens is 5. The van der Waals surface area contributed by atoms with E-state index < -0.39 is 23.7 Å². The summed E-state index contributed by atoms with van der Waals surface area (Å²) >= 11 is 5.94. The van der Waals surface area contributed by atoms with Crippen LogP contribution in [0.25, 0.3) is 0 Å². The zero-order valence-electron chi connectivity index (χ0n) is 20.7. The van der Waals surface area contributed by atoms with Crippen molar-refractivity contribution in [2.45, 2.75) is 50.7 Å². The van der Waals surface area contributed by atoms with Gasteiger partial charge in [-0.2, -0.15) is 18.3 Å². The van der Waals surface area contributed by atoms with Crippen molar-refractivity contribution in [1.29, 1.82) is 0 Å². The number of nitrogens with zero attached hydrogens (tertiary/aromatic N) is 4. The van der Waals surface area contributed by atoms with Crippen LogP contribution in [0, 0.1) is 5.82 Å². The summed E-state index contributed by atoms with van der Waals surface area (Å²) < 4.78 is 55.5. The molecule has 1 N–H and O–H groups in total. The molecule has 0 radical (unpaired) electrons. The molecular formula is C26H26ClF4N5O2. The van der Waals surface area contributed by atoms with Crippen LogP contribution in [-0.4, -0.2) is 45.1 Å². The van der Waals surface area contributed by atoms with Gasteiger partial charge in [-0.05, 0) is 55.0 Å². The minimum atomic E-state index is -4.57. The fourth-order valence-corrected chi connectivity index (χ4v) is 4.91. The Kier molecular flexibility index (Phi) is 8.05. The molecule has 12 heteroatoms. The van der Waals surface area contributed by atoms with Gasteiger partial charge in [0, 0.05) is 43.7 Å². The Morgan fingerprint density at radius 1 is 1.32 bits per heavy atom. The third kappa shape index (κ3) is 5.82. The molecule has 0 spiro atoms. The monoisotopic (exact) mass is 551 g/mol. The van der Waals surface area contributed by atoms with E-state index in [2.05, 4.69) is 15.4 Å². The van der Waals surface area contributed by atoms with Crippen LogP contribution in [0.3, 0.4) is 0 Å². The van der Waals surface area contributed by atoms with Crippen LogP contribution in [0.1, 0.15) is 71.7 Å². The summed E-state index contributed by atoms with van der Waals surface area (Å²) in [5.74, 6) is -1.43. The third-order valence-corrected chi connectivity index (χ3v) is 6.95. The molecule has 0 aliphatic carbocycles. The van der Waals surface area contributed by atoms with Crippen LogP contribution in [-0.2, 0) is 11.0 Å². The number of benzene rings is 1. The summed E-state index contributed by atoms with van der Waals surface area (Å²) in [6, 6.07) is 4.96. The predicted molar refractivity (Wildman–Crippen MR) is 133 cm³/mol. The lowest BCUT2D eigenvalue weighted by atomic mass is 9.86. The normalized spacial score (nSPS) is 16.1. The first-order chi connectivity index (χ1) is 18.0. The van der Waals surface area contributed by atoms with Gasteiger partial charge in [-0.1, -0.05) is 18.5 Å². The minimum Gasteiger partial charge on any atom is -0.342 e. The SMILES string of the molecule is CCC(c1ccnc(C(F)(F)F)c1)n1cc(C(=O)N(C)CCCC2CC(=O)Nc3ccc(Cl)c(F)c32)cn1. The van der Waals surface area contributed by atoms with Crippen molar-refractivity contribution in [1.82, 2.24) is 19.7 Å². The Morgan fingerprint density at radius 2 is 2.08 bits per heavy atom. The maximum atomic E-state index is 14.7. The molecule has 38 heavy (non-hydrogen) atoms. The maximum Gasteiger partial charge on any atom is 0.433 e. The number of hydrogen-bond acceptors (Lipinski definition) is 4. The van der Waals surface area contributed by atoms with Gasteiger partial charge in [0.15, 0.2) is 0 Å². The summed E-state index contributed by atoms with van der Waals surface area (Å²) in [5.41, 5.74) is 0.470. The Morgan fingerprint density at radius 3 is 2.79 bits per heavy atom. The molecule has 2 aromatic heterocycles. The molecule has 2 amide bonds.